The van der Waals surface area contributed by atoms with Gasteiger partial charge in [0.25, 0.3) is 0 Å². The zero-order valence-corrected chi connectivity index (χ0v) is 4.41. The summed E-state index contributed by atoms with van der Waals surface area (Å²) in [6.07, 6.45) is -3.06. The quantitative estimate of drug-likeness (QED) is 0.650. The summed E-state index contributed by atoms with van der Waals surface area (Å²) in [5.74, 6) is 0. The Kier molecular flexibility index (Phi) is 0.375. The van der Waals surface area contributed by atoms with Crippen LogP contribution in [0.25, 0.3) is 0 Å². The minimum atomic E-state index is -3.19. The second-order valence-electron chi connectivity index (χ2n) is 1.33. The van der Waals surface area contributed by atoms with Crippen LogP contribution in [0.5, 0.6) is 0 Å². The zero-order valence-electron chi connectivity index (χ0n) is 14.4. The van der Waals surface area contributed by atoms with E-state index in [1.54, 1.807) is 0 Å². The Morgan fingerprint density at radius 3 is 3.11 bits per heavy atom. The standard InChI is InChI=1S/C8H10O/c1-7(9)8-5-3-2-4-6-8/h2-7,9H,1H3/i1D3,2D,3D,4D,5D,6D,7D,9D. The molecule has 1 aromatic rings. The normalized spacial score (nSPS) is 33.8. The maximum atomic E-state index is 7.67. The van der Waals surface area contributed by atoms with Gasteiger partial charge < -0.3 is 5.11 Å². The summed E-state index contributed by atoms with van der Waals surface area (Å²) in [6, 6.07) is -4.02. The molecule has 1 aromatic carbocycles. The molecule has 0 saturated carbocycles. The molecule has 1 nitrogen and oxygen atoms in total. The van der Waals surface area contributed by atoms with Crippen molar-refractivity contribution in [2.75, 3.05) is 0 Å². The van der Waals surface area contributed by atoms with Gasteiger partial charge in [0.15, 0.2) is 0 Å². The molecule has 1 unspecified atom stereocenters. The Balaban J connectivity index is 3.78. The van der Waals surface area contributed by atoms with Gasteiger partial charge in [0, 0.05) is 4.11 Å². The largest absolute Gasteiger partial charge is 0.389 e. The van der Waals surface area contributed by atoms with Gasteiger partial charge in [0.2, 0.25) is 1.43 Å². The topological polar surface area (TPSA) is 20.2 Å². The van der Waals surface area contributed by atoms with Gasteiger partial charge in [-0.2, -0.15) is 0 Å². The summed E-state index contributed by atoms with van der Waals surface area (Å²) in [7, 11) is 0. The Morgan fingerprint density at radius 1 is 1.78 bits per heavy atom. The first-order valence-corrected chi connectivity index (χ1v) is 2.20. The Bertz CT molecular complexity index is 480. The highest BCUT2D eigenvalue weighted by molar-refractivity contribution is 5.16. The van der Waals surface area contributed by atoms with Crippen molar-refractivity contribution in [3.05, 3.63) is 35.8 Å². The van der Waals surface area contributed by atoms with E-state index in [4.69, 9.17) is 13.8 Å². The first-order valence-electron chi connectivity index (χ1n) is 7.11. The third-order valence-electron chi connectivity index (χ3n) is 0.727. The van der Waals surface area contributed by atoms with Crippen LogP contribution in [0.15, 0.2) is 30.2 Å². The molecule has 0 aliphatic heterocycles. The van der Waals surface area contributed by atoms with E-state index in [1.807, 2.05) is 0 Å². The van der Waals surface area contributed by atoms with Gasteiger partial charge in [-0.3, -0.25) is 0 Å². The average Bonchev–Trinajstić information content (AvgIpc) is 2.32. The lowest BCUT2D eigenvalue weighted by Crippen LogP contribution is -1.87. The lowest BCUT2D eigenvalue weighted by Gasteiger charge is -2.00. The third kappa shape index (κ3) is 1.54. The molecule has 0 aliphatic rings. The van der Waals surface area contributed by atoms with Crippen LogP contribution in [0.1, 0.15) is 30.8 Å². The highest BCUT2D eigenvalue weighted by Gasteiger charge is 1.95. The van der Waals surface area contributed by atoms with Gasteiger partial charge >= 0.3 is 0 Å². The van der Waals surface area contributed by atoms with E-state index in [-0.39, 0.29) is 0 Å². The fourth-order valence-electron chi connectivity index (χ4n) is 0.364. The molecule has 1 heteroatoms. The average molecular weight is 132 g/mol. The molecule has 0 bridgehead atoms. The number of hydrogen-bond donors (Lipinski definition) is 1. The van der Waals surface area contributed by atoms with Gasteiger partial charge in [0.05, 0.1) is 14.3 Å². The molecule has 0 aliphatic carbocycles. The second-order valence-corrected chi connectivity index (χ2v) is 1.33. The minimum Gasteiger partial charge on any atom is -0.389 e. The Hall–Kier alpha value is -0.820. The van der Waals surface area contributed by atoms with E-state index in [9.17, 15) is 0 Å². The van der Waals surface area contributed by atoms with Crippen molar-refractivity contribution in [1.29, 1.82) is 1.43 Å². The summed E-state index contributed by atoms with van der Waals surface area (Å²) in [4.78, 5) is 0. The molecule has 0 heterocycles. The van der Waals surface area contributed by atoms with Crippen molar-refractivity contribution in [2.24, 2.45) is 0 Å². The van der Waals surface area contributed by atoms with Gasteiger partial charge in [-0.15, -0.1) is 0 Å². The monoisotopic (exact) mass is 132 g/mol. The van der Waals surface area contributed by atoms with Crippen LogP contribution in [0.3, 0.4) is 0 Å². The smallest absolute Gasteiger partial charge is 0.211 e. The highest BCUT2D eigenvalue weighted by atomic mass is 16.3. The predicted octanol–water partition coefficient (Wildman–Crippen LogP) is 1.74. The van der Waals surface area contributed by atoms with Crippen molar-refractivity contribution in [2.45, 2.75) is 12.9 Å². The lowest BCUT2D eigenvalue weighted by molar-refractivity contribution is 0.199. The molecule has 0 spiro atoms. The number of rotatable bonds is 2. The van der Waals surface area contributed by atoms with E-state index in [1.165, 1.54) is 0 Å². The molecular weight excluding hydrogens is 112 g/mol. The van der Waals surface area contributed by atoms with E-state index in [0.717, 1.165) is 0 Å². The summed E-state index contributed by atoms with van der Waals surface area (Å²) in [5, 5.41) is 3.89. The molecule has 0 amide bonds. The van der Waals surface area contributed by atoms with E-state index in [2.05, 4.69) is 5.11 Å². The van der Waals surface area contributed by atoms with Crippen LogP contribution >= 0.6 is 0 Å². The van der Waals surface area contributed by atoms with Crippen molar-refractivity contribution < 1.29 is 17.4 Å². The zero-order chi connectivity index (χ0) is 15.2. The van der Waals surface area contributed by atoms with Gasteiger partial charge in [-0.05, 0) is 12.4 Å². The molecule has 1 N–H and O–H groups in total. The Morgan fingerprint density at radius 2 is 2.56 bits per heavy atom. The Labute approximate surface area is 69.1 Å². The van der Waals surface area contributed by atoms with Crippen LogP contribution in [0.4, 0.5) is 0 Å². The first-order chi connectivity index (χ1) is 8.49. The van der Waals surface area contributed by atoms with Crippen LogP contribution < -0.4 is 0 Å². The van der Waals surface area contributed by atoms with Crippen LogP contribution in [-0.2, 0) is 0 Å². The highest BCUT2D eigenvalue weighted by Crippen LogP contribution is 2.08. The van der Waals surface area contributed by atoms with Crippen molar-refractivity contribution >= 4 is 0 Å². The number of hydrogen-bond acceptors (Lipinski definition) is 1. The molecule has 1 rings (SSSR count). The van der Waals surface area contributed by atoms with Crippen LogP contribution in [-0.4, -0.2) is 6.54 Å². The molecule has 0 radical (unpaired) electrons. The first kappa shape index (κ1) is 1.28. The van der Waals surface area contributed by atoms with Gasteiger partial charge in [0.1, 0.15) is 0 Å². The molecule has 48 valence electrons. The molecule has 0 fully saturated rings. The second kappa shape index (κ2) is 2.65. The fourth-order valence-corrected chi connectivity index (χ4v) is 0.364. The fraction of sp³-hybridized carbons (Fsp3) is 0.250. The molecule has 0 saturated heterocycles. The summed E-state index contributed by atoms with van der Waals surface area (Å²) in [5.41, 5.74) is -0.881. The lowest BCUT2D eigenvalue weighted by atomic mass is 10.1. The van der Waals surface area contributed by atoms with E-state index >= 15 is 0 Å². The predicted molar refractivity (Wildman–Crippen MR) is 37.1 cm³/mol. The molecular formula is C8H10O. The van der Waals surface area contributed by atoms with Gasteiger partial charge in [-0.25, -0.2) is 0 Å². The van der Waals surface area contributed by atoms with Crippen LogP contribution in [0, 0.1) is 0 Å². The SMILES string of the molecule is [2H]OC([2H])(c1c([2H])c([2H])c([2H])c([2H])c1[2H])C([2H])([2H])[2H]. The van der Waals surface area contributed by atoms with Gasteiger partial charge in [-0.1, -0.05) is 30.2 Å². The van der Waals surface area contributed by atoms with Crippen LogP contribution in [0.2, 0.25) is 0 Å². The molecule has 0 aromatic heterocycles. The summed E-state index contributed by atoms with van der Waals surface area (Å²) < 4.78 is 73.3. The number of aliphatic hydroxyl groups is 1. The van der Waals surface area contributed by atoms with Crippen molar-refractivity contribution in [1.82, 2.24) is 0 Å². The minimum absolute atomic E-state index is 0.711. The summed E-state index contributed by atoms with van der Waals surface area (Å²) in [6.45, 7) is -3.19. The van der Waals surface area contributed by atoms with Crippen molar-refractivity contribution in [3.8, 4) is 0 Å². The summed E-state index contributed by atoms with van der Waals surface area (Å²) >= 11 is 0. The molecule has 9 heavy (non-hydrogen) atoms. The maximum absolute atomic E-state index is 7.67. The number of benzene rings is 1. The van der Waals surface area contributed by atoms with E-state index < -0.39 is 48.7 Å². The van der Waals surface area contributed by atoms with Crippen molar-refractivity contribution in [3.63, 3.8) is 0 Å². The van der Waals surface area contributed by atoms with E-state index in [0.29, 0.717) is 0 Å². The maximum Gasteiger partial charge on any atom is 0.211 e. The third-order valence-corrected chi connectivity index (χ3v) is 0.727. The molecule has 1 atom stereocenters.